The molecular formula is C10H10BrF11O3. The quantitative estimate of drug-likeness (QED) is 0.329. The Hall–Kier alpha value is -0.410. The molecule has 0 spiro atoms. The van der Waals surface area contributed by atoms with E-state index in [-0.39, 0.29) is 11.8 Å². The van der Waals surface area contributed by atoms with Gasteiger partial charge in [0.2, 0.25) is 0 Å². The first kappa shape index (κ1) is 24.6. The number of hydrogen-bond acceptors (Lipinski definition) is 3. The van der Waals surface area contributed by atoms with E-state index in [0.717, 1.165) is 0 Å². The second kappa shape index (κ2) is 8.08. The predicted molar refractivity (Wildman–Crippen MR) is 61.8 cm³/mol. The molecular weight excluding hydrogens is 457 g/mol. The second-order valence-corrected chi connectivity index (χ2v) is 5.28. The summed E-state index contributed by atoms with van der Waals surface area (Å²) in [4.78, 5) is 0. The van der Waals surface area contributed by atoms with Gasteiger partial charge in [-0.3, -0.25) is 0 Å². The maximum absolute atomic E-state index is 13.1. The van der Waals surface area contributed by atoms with Crippen LogP contribution in [0.2, 0.25) is 0 Å². The summed E-state index contributed by atoms with van der Waals surface area (Å²) in [6.45, 7) is -0.792. The lowest BCUT2D eigenvalue weighted by molar-refractivity contribution is -0.537. The Bertz CT molecular complexity index is 427. The predicted octanol–water partition coefficient (Wildman–Crippen LogP) is 5.14. The third-order valence-corrected chi connectivity index (χ3v) is 2.71. The highest BCUT2D eigenvalue weighted by Crippen LogP contribution is 2.47. The molecule has 0 fully saturated rings. The molecule has 3 nitrogen and oxygen atoms in total. The molecule has 0 aromatic rings. The Labute approximate surface area is 141 Å². The van der Waals surface area contributed by atoms with Crippen molar-refractivity contribution in [1.29, 1.82) is 0 Å². The molecule has 0 N–H and O–H groups in total. The number of alkyl halides is 12. The molecule has 0 aliphatic carbocycles. The van der Waals surface area contributed by atoms with Crippen molar-refractivity contribution in [3.8, 4) is 0 Å². The average Bonchev–Trinajstić information content (AvgIpc) is 2.32. The van der Waals surface area contributed by atoms with E-state index in [1.54, 1.807) is 4.74 Å². The Balaban J connectivity index is 5.08. The van der Waals surface area contributed by atoms with Crippen molar-refractivity contribution < 1.29 is 62.5 Å². The van der Waals surface area contributed by atoms with E-state index >= 15 is 0 Å². The molecule has 0 amide bonds. The van der Waals surface area contributed by atoms with Gasteiger partial charge in [0, 0.05) is 5.33 Å². The summed E-state index contributed by atoms with van der Waals surface area (Å²) in [6, 6.07) is 0. The number of hydrogen-bond donors (Lipinski definition) is 0. The average molecular weight is 467 g/mol. The van der Waals surface area contributed by atoms with Gasteiger partial charge in [0.15, 0.2) is 0 Å². The molecule has 0 aliphatic heterocycles. The zero-order valence-corrected chi connectivity index (χ0v) is 13.5. The van der Waals surface area contributed by atoms with Crippen molar-refractivity contribution in [2.45, 2.75) is 50.1 Å². The van der Waals surface area contributed by atoms with Crippen LogP contribution in [0.1, 0.15) is 13.3 Å². The first-order valence-electron chi connectivity index (χ1n) is 6.03. The molecule has 25 heavy (non-hydrogen) atoms. The van der Waals surface area contributed by atoms with Crippen molar-refractivity contribution in [2.75, 3.05) is 11.9 Å². The molecule has 0 saturated carbocycles. The molecule has 15 heteroatoms. The first-order chi connectivity index (χ1) is 10.9. The molecule has 0 bridgehead atoms. The molecule has 0 radical (unpaired) electrons. The van der Waals surface area contributed by atoms with Gasteiger partial charge in [0.05, 0.1) is 6.10 Å². The molecule has 1 unspecified atom stereocenters. The van der Waals surface area contributed by atoms with Crippen LogP contribution < -0.4 is 0 Å². The maximum Gasteiger partial charge on any atom is 0.483 e. The van der Waals surface area contributed by atoms with Crippen LogP contribution in [0, 0.1) is 0 Å². The van der Waals surface area contributed by atoms with Crippen molar-refractivity contribution in [2.24, 2.45) is 0 Å². The van der Waals surface area contributed by atoms with Gasteiger partial charge in [-0.05, 0) is 13.3 Å². The van der Waals surface area contributed by atoms with Crippen molar-refractivity contribution >= 4 is 15.9 Å². The van der Waals surface area contributed by atoms with Gasteiger partial charge in [-0.15, -0.1) is 0 Å². The molecule has 0 heterocycles. The van der Waals surface area contributed by atoms with Crippen LogP contribution in [-0.4, -0.2) is 48.7 Å². The summed E-state index contributed by atoms with van der Waals surface area (Å²) in [5.41, 5.74) is 0. The summed E-state index contributed by atoms with van der Waals surface area (Å²) < 4.78 is 146. The van der Waals surface area contributed by atoms with E-state index < -0.39 is 43.3 Å². The van der Waals surface area contributed by atoms with Gasteiger partial charge in [-0.1, -0.05) is 15.9 Å². The van der Waals surface area contributed by atoms with E-state index in [1.165, 1.54) is 6.92 Å². The van der Waals surface area contributed by atoms with Crippen LogP contribution in [0.25, 0.3) is 0 Å². The van der Waals surface area contributed by atoms with E-state index in [4.69, 9.17) is 0 Å². The summed E-state index contributed by atoms with van der Waals surface area (Å²) >= 11 is 2.89. The fraction of sp³-hybridized carbons (Fsp3) is 1.00. The van der Waals surface area contributed by atoms with Gasteiger partial charge in [0.25, 0.3) is 0 Å². The standard InChI is InChI=1S/C10H10BrF11O3/c1-5(2-3-11)23-4-6(12,13)24-9(19,20)10(21,22)25-8(17,18)7(14,15)16/h5H,2-4H2,1H3. The third-order valence-electron chi connectivity index (χ3n) is 2.25. The molecule has 0 rings (SSSR count). The van der Waals surface area contributed by atoms with Crippen molar-refractivity contribution in [1.82, 2.24) is 0 Å². The van der Waals surface area contributed by atoms with Crippen LogP contribution in [0.3, 0.4) is 0 Å². The maximum atomic E-state index is 13.1. The summed E-state index contributed by atoms with van der Waals surface area (Å²) in [6.07, 6.45) is -32.8. The van der Waals surface area contributed by atoms with Crippen LogP contribution in [0.4, 0.5) is 48.3 Å². The third kappa shape index (κ3) is 7.38. The van der Waals surface area contributed by atoms with Gasteiger partial charge >= 0.3 is 30.6 Å². The molecule has 1 atom stereocenters. The minimum absolute atomic E-state index is 0.101. The van der Waals surface area contributed by atoms with Gasteiger partial charge in [-0.25, -0.2) is 9.47 Å². The lowest BCUT2D eigenvalue weighted by Crippen LogP contribution is -2.55. The number of rotatable bonds is 10. The normalized spacial score (nSPS) is 16.2. The Morgan fingerprint density at radius 3 is 1.60 bits per heavy atom. The van der Waals surface area contributed by atoms with Crippen LogP contribution in [0.15, 0.2) is 0 Å². The minimum Gasteiger partial charge on any atom is -0.369 e. The van der Waals surface area contributed by atoms with Gasteiger partial charge < -0.3 is 4.74 Å². The molecule has 0 aliphatic rings. The van der Waals surface area contributed by atoms with Gasteiger partial charge in [-0.2, -0.15) is 48.3 Å². The Kier molecular flexibility index (Phi) is 7.95. The first-order valence-corrected chi connectivity index (χ1v) is 7.15. The summed E-state index contributed by atoms with van der Waals surface area (Å²) in [7, 11) is 0. The molecule has 152 valence electrons. The van der Waals surface area contributed by atoms with Gasteiger partial charge in [0.1, 0.15) is 6.61 Å². The van der Waals surface area contributed by atoms with Crippen LogP contribution in [0.5, 0.6) is 0 Å². The zero-order valence-electron chi connectivity index (χ0n) is 12.0. The molecule has 0 aromatic carbocycles. The second-order valence-electron chi connectivity index (χ2n) is 4.49. The van der Waals surface area contributed by atoms with E-state index in [0.29, 0.717) is 0 Å². The van der Waals surface area contributed by atoms with Crippen LogP contribution in [-0.2, 0) is 14.2 Å². The molecule has 0 saturated heterocycles. The Morgan fingerprint density at radius 2 is 1.20 bits per heavy atom. The highest BCUT2D eigenvalue weighted by Gasteiger charge is 2.72. The van der Waals surface area contributed by atoms with Crippen molar-refractivity contribution in [3.05, 3.63) is 0 Å². The topological polar surface area (TPSA) is 27.7 Å². The lowest BCUT2D eigenvalue weighted by atomic mass is 10.3. The van der Waals surface area contributed by atoms with E-state index in [2.05, 4.69) is 25.4 Å². The monoisotopic (exact) mass is 466 g/mol. The fourth-order valence-corrected chi connectivity index (χ4v) is 1.68. The van der Waals surface area contributed by atoms with Crippen molar-refractivity contribution in [3.63, 3.8) is 0 Å². The SMILES string of the molecule is CC(CCBr)OCC(F)(F)OC(F)(F)C(F)(F)OC(F)(F)C(F)(F)F. The Morgan fingerprint density at radius 1 is 0.760 bits per heavy atom. The summed E-state index contributed by atoms with van der Waals surface area (Å²) in [5, 5.41) is 0.245. The number of halogens is 12. The molecule has 0 aromatic heterocycles. The largest absolute Gasteiger partial charge is 0.483 e. The summed E-state index contributed by atoms with van der Waals surface area (Å²) in [5.74, 6) is 0. The lowest BCUT2D eigenvalue weighted by Gasteiger charge is -2.31. The van der Waals surface area contributed by atoms with Crippen LogP contribution >= 0.6 is 15.9 Å². The minimum atomic E-state index is -6.80. The zero-order chi connectivity index (χ0) is 20.3. The number of ether oxygens (including phenoxy) is 3. The smallest absolute Gasteiger partial charge is 0.369 e. The highest BCUT2D eigenvalue weighted by molar-refractivity contribution is 9.09. The van der Waals surface area contributed by atoms with E-state index in [9.17, 15) is 48.3 Å². The fourth-order valence-electron chi connectivity index (χ4n) is 1.03. The van der Waals surface area contributed by atoms with E-state index in [1.807, 2.05) is 0 Å². The highest BCUT2D eigenvalue weighted by atomic mass is 79.9.